The van der Waals surface area contributed by atoms with Crippen molar-refractivity contribution in [3.63, 3.8) is 0 Å². The monoisotopic (exact) mass is 467 g/mol. The predicted octanol–water partition coefficient (Wildman–Crippen LogP) is 4.32. The molecule has 2 aliphatic rings. The first-order valence-electron chi connectivity index (χ1n) is 11.6. The lowest BCUT2D eigenvalue weighted by Gasteiger charge is -2.13. The predicted molar refractivity (Wildman–Crippen MR) is 136 cm³/mol. The molecule has 2 aliphatic heterocycles. The highest BCUT2D eigenvalue weighted by Gasteiger charge is 2.35. The van der Waals surface area contributed by atoms with E-state index in [9.17, 15) is 0 Å². The maximum atomic E-state index is 5.99. The Morgan fingerprint density at radius 2 is 1.83 bits per heavy atom. The summed E-state index contributed by atoms with van der Waals surface area (Å²) < 4.78 is 11.9. The van der Waals surface area contributed by atoms with E-state index in [1.165, 1.54) is 0 Å². The van der Waals surface area contributed by atoms with Gasteiger partial charge < -0.3 is 25.4 Å². The Kier molecular flexibility index (Phi) is 5.38. The summed E-state index contributed by atoms with van der Waals surface area (Å²) >= 11 is 0. The largest absolute Gasteiger partial charge is 0.458 e. The molecule has 2 aromatic carbocycles. The zero-order valence-corrected chi connectivity index (χ0v) is 19.4. The molecule has 0 saturated carbocycles. The number of nitrogens with one attached hydrogen (secondary N) is 3. The first-order valence-corrected chi connectivity index (χ1v) is 11.6. The summed E-state index contributed by atoms with van der Waals surface area (Å²) in [5.74, 6) is 2.19. The smallest absolute Gasteiger partial charge is 0.290 e. The third-order valence-electron chi connectivity index (χ3n) is 6.11. The standard InChI is InChI=1S/C26H25N7O2/c1-15-9-17(5-8-23(15)34-19-6-3-16(2)28-11-19)31-25-20-10-18(4-7-21(20)29-14-30-25)32-26-33-22-12-27-13-24(22)35-26/h3-11,14,22,24,27H,12-13H2,1-2H3,(H,32,33)(H,29,30,31). The molecule has 0 bridgehead atoms. The van der Waals surface area contributed by atoms with Gasteiger partial charge in [-0.3, -0.25) is 4.98 Å². The van der Waals surface area contributed by atoms with E-state index in [2.05, 4.69) is 35.9 Å². The van der Waals surface area contributed by atoms with Gasteiger partial charge in [0, 0.05) is 35.5 Å². The zero-order chi connectivity index (χ0) is 23.8. The van der Waals surface area contributed by atoms with Crippen LogP contribution in [0.1, 0.15) is 11.3 Å². The summed E-state index contributed by atoms with van der Waals surface area (Å²) in [7, 11) is 0. The molecule has 4 heterocycles. The van der Waals surface area contributed by atoms with E-state index in [1.54, 1.807) is 12.5 Å². The van der Waals surface area contributed by atoms with E-state index in [1.807, 2.05) is 62.4 Å². The first-order chi connectivity index (χ1) is 17.1. The van der Waals surface area contributed by atoms with Gasteiger partial charge in [-0.15, -0.1) is 0 Å². The van der Waals surface area contributed by atoms with Crippen LogP contribution in [0.15, 0.2) is 66.0 Å². The summed E-state index contributed by atoms with van der Waals surface area (Å²) in [5.41, 5.74) is 4.56. The fourth-order valence-corrected chi connectivity index (χ4v) is 4.25. The van der Waals surface area contributed by atoms with Gasteiger partial charge in [0.05, 0.1) is 11.7 Å². The van der Waals surface area contributed by atoms with E-state index in [-0.39, 0.29) is 12.1 Å². The molecule has 0 spiro atoms. The number of nitrogens with zero attached hydrogens (tertiary/aromatic N) is 4. The summed E-state index contributed by atoms with van der Waals surface area (Å²) in [6.07, 6.45) is 3.39. The van der Waals surface area contributed by atoms with Crippen LogP contribution >= 0.6 is 0 Å². The summed E-state index contributed by atoms with van der Waals surface area (Å²) in [6, 6.07) is 16.4. The Hall–Kier alpha value is -4.24. The van der Waals surface area contributed by atoms with Crippen molar-refractivity contribution in [2.24, 2.45) is 4.99 Å². The quantitative estimate of drug-likeness (QED) is 0.399. The van der Waals surface area contributed by atoms with Gasteiger partial charge in [0.2, 0.25) is 0 Å². The van der Waals surface area contributed by atoms with Gasteiger partial charge in [-0.25, -0.2) is 15.0 Å². The molecule has 9 heteroatoms. The molecule has 176 valence electrons. The maximum Gasteiger partial charge on any atom is 0.290 e. The number of aryl methyl sites for hydroxylation is 2. The highest BCUT2D eigenvalue weighted by Crippen LogP contribution is 2.30. The summed E-state index contributed by atoms with van der Waals surface area (Å²) in [6.45, 7) is 5.63. The fraction of sp³-hybridized carbons (Fsp3) is 0.231. The number of fused-ring (bicyclic) bond motifs is 2. The van der Waals surface area contributed by atoms with Crippen molar-refractivity contribution in [3.8, 4) is 11.5 Å². The number of ether oxygens (including phenoxy) is 2. The molecule has 6 rings (SSSR count). The second-order valence-corrected chi connectivity index (χ2v) is 8.74. The van der Waals surface area contributed by atoms with E-state index in [0.29, 0.717) is 17.6 Å². The Morgan fingerprint density at radius 1 is 0.943 bits per heavy atom. The Labute approximate surface area is 202 Å². The van der Waals surface area contributed by atoms with Crippen LogP contribution in [0.25, 0.3) is 10.9 Å². The van der Waals surface area contributed by atoms with Crippen molar-refractivity contribution in [2.75, 3.05) is 23.7 Å². The maximum absolute atomic E-state index is 5.99. The van der Waals surface area contributed by atoms with Gasteiger partial charge in [0.1, 0.15) is 35.8 Å². The van der Waals surface area contributed by atoms with Crippen molar-refractivity contribution < 1.29 is 9.47 Å². The molecule has 9 nitrogen and oxygen atoms in total. The molecular formula is C26H25N7O2. The molecule has 2 aromatic heterocycles. The zero-order valence-electron chi connectivity index (χ0n) is 19.4. The average Bonchev–Trinajstić information content (AvgIpc) is 3.44. The third kappa shape index (κ3) is 4.45. The molecule has 2 unspecified atom stereocenters. The van der Waals surface area contributed by atoms with Crippen LogP contribution in [0.3, 0.4) is 0 Å². The van der Waals surface area contributed by atoms with Crippen molar-refractivity contribution in [1.29, 1.82) is 0 Å². The Bertz CT molecular complexity index is 1420. The average molecular weight is 468 g/mol. The number of benzene rings is 2. The lowest BCUT2D eigenvalue weighted by atomic mass is 10.1. The fourth-order valence-electron chi connectivity index (χ4n) is 4.25. The molecule has 2 atom stereocenters. The molecular weight excluding hydrogens is 442 g/mol. The van der Waals surface area contributed by atoms with Gasteiger partial charge in [-0.05, 0) is 67.9 Å². The summed E-state index contributed by atoms with van der Waals surface area (Å²) in [4.78, 5) is 17.8. The van der Waals surface area contributed by atoms with Crippen LogP contribution in [0.5, 0.6) is 11.5 Å². The number of aliphatic imine (C=N–C) groups is 1. The van der Waals surface area contributed by atoms with Crippen molar-refractivity contribution >= 4 is 34.1 Å². The number of hydrogen-bond acceptors (Lipinski definition) is 9. The van der Waals surface area contributed by atoms with Gasteiger partial charge in [0.15, 0.2) is 0 Å². The van der Waals surface area contributed by atoms with Crippen LogP contribution < -0.4 is 20.7 Å². The molecule has 1 fully saturated rings. The minimum Gasteiger partial charge on any atom is -0.458 e. The van der Waals surface area contributed by atoms with Gasteiger partial charge >= 0.3 is 0 Å². The van der Waals surface area contributed by atoms with Crippen LogP contribution in [-0.4, -0.2) is 46.2 Å². The lowest BCUT2D eigenvalue weighted by Crippen LogP contribution is -2.22. The van der Waals surface area contributed by atoms with E-state index >= 15 is 0 Å². The highest BCUT2D eigenvalue weighted by atomic mass is 16.5. The van der Waals surface area contributed by atoms with E-state index < -0.39 is 0 Å². The molecule has 0 radical (unpaired) electrons. The number of amidine groups is 1. The highest BCUT2D eigenvalue weighted by molar-refractivity contribution is 5.97. The number of pyridine rings is 1. The SMILES string of the molecule is Cc1ccc(Oc2ccc(Nc3ncnc4ccc(NC5=NC6CNCC6O5)cc34)cc2C)cn1. The van der Waals surface area contributed by atoms with E-state index in [0.717, 1.165) is 52.4 Å². The third-order valence-corrected chi connectivity index (χ3v) is 6.11. The van der Waals surface area contributed by atoms with Gasteiger partial charge in [-0.1, -0.05) is 0 Å². The first kappa shape index (κ1) is 21.3. The van der Waals surface area contributed by atoms with Crippen molar-refractivity contribution in [2.45, 2.75) is 26.0 Å². The number of hydrogen-bond donors (Lipinski definition) is 3. The second-order valence-electron chi connectivity index (χ2n) is 8.74. The molecule has 3 N–H and O–H groups in total. The number of anilines is 3. The minimum atomic E-state index is 0.107. The van der Waals surface area contributed by atoms with Crippen molar-refractivity contribution in [1.82, 2.24) is 20.3 Å². The molecule has 35 heavy (non-hydrogen) atoms. The van der Waals surface area contributed by atoms with Crippen LogP contribution in [-0.2, 0) is 4.74 Å². The van der Waals surface area contributed by atoms with Gasteiger partial charge in [0.25, 0.3) is 6.02 Å². The second kappa shape index (κ2) is 8.84. The van der Waals surface area contributed by atoms with Crippen LogP contribution in [0.4, 0.5) is 17.2 Å². The van der Waals surface area contributed by atoms with Crippen molar-refractivity contribution in [3.05, 3.63) is 72.3 Å². The van der Waals surface area contributed by atoms with Crippen LogP contribution in [0.2, 0.25) is 0 Å². The normalized spacial score (nSPS) is 18.6. The topological polar surface area (TPSA) is 106 Å². The Balaban J connectivity index is 1.22. The molecule has 4 aromatic rings. The lowest BCUT2D eigenvalue weighted by molar-refractivity contribution is 0.224. The molecule has 1 saturated heterocycles. The Morgan fingerprint density at radius 3 is 2.66 bits per heavy atom. The molecule has 0 aliphatic carbocycles. The molecule has 0 amide bonds. The van der Waals surface area contributed by atoms with Gasteiger partial charge in [-0.2, -0.15) is 0 Å². The number of aromatic nitrogens is 3. The minimum absolute atomic E-state index is 0.107. The number of rotatable bonds is 5. The summed E-state index contributed by atoms with van der Waals surface area (Å²) in [5, 5.41) is 10.9. The van der Waals surface area contributed by atoms with Crippen LogP contribution in [0, 0.1) is 13.8 Å². The van der Waals surface area contributed by atoms with E-state index in [4.69, 9.17) is 9.47 Å².